The number of aromatic nitrogens is 3. The Morgan fingerprint density at radius 3 is 2.32 bits per heavy atom. The van der Waals surface area contributed by atoms with E-state index in [0.717, 1.165) is 22.6 Å². The van der Waals surface area contributed by atoms with Gasteiger partial charge in [-0.1, -0.05) is 86.6 Å². The molecule has 2 heterocycles. The summed E-state index contributed by atoms with van der Waals surface area (Å²) in [6.07, 6.45) is 2.75. The summed E-state index contributed by atoms with van der Waals surface area (Å²) >= 11 is 0. The zero-order valence-electron chi connectivity index (χ0n) is 22.9. The van der Waals surface area contributed by atoms with Gasteiger partial charge in [0.05, 0.1) is 11.7 Å². The molecule has 0 aliphatic carbocycles. The molecule has 1 atom stereocenters. The van der Waals surface area contributed by atoms with Gasteiger partial charge in [-0.2, -0.15) is 0 Å². The highest BCUT2D eigenvalue weighted by Crippen LogP contribution is 2.39. The van der Waals surface area contributed by atoms with Crippen LogP contribution < -0.4 is 11.1 Å². The quantitative estimate of drug-likeness (QED) is 0.278. The van der Waals surface area contributed by atoms with Crippen LogP contribution in [-0.4, -0.2) is 38.7 Å². The molecule has 0 spiro atoms. The Kier molecular flexibility index (Phi) is 8.32. The zero-order valence-corrected chi connectivity index (χ0v) is 22.9. The smallest absolute Gasteiger partial charge is 0.322 e. The summed E-state index contributed by atoms with van der Waals surface area (Å²) in [7, 11) is 0. The monoisotopic (exact) mass is 514 g/mol. The molecule has 0 saturated carbocycles. The first-order valence-electron chi connectivity index (χ1n) is 13.1. The lowest BCUT2D eigenvalue weighted by atomic mass is 9.84. The van der Waals surface area contributed by atoms with Crippen LogP contribution in [0.5, 0.6) is 0 Å². The lowest BCUT2D eigenvalue weighted by Crippen LogP contribution is -2.45. The third-order valence-electron chi connectivity index (χ3n) is 6.58. The van der Waals surface area contributed by atoms with Gasteiger partial charge in [0.15, 0.2) is 5.76 Å². The lowest BCUT2D eigenvalue weighted by Gasteiger charge is -2.40. The van der Waals surface area contributed by atoms with Gasteiger partial charge in [0, 0.05) is 24.8 Å². The van der Waals surface area contributed by atoms with E-state index in [1.807, 2.05) is 48.2 Å². The van der Waals surface area contributed by atoms with E-state index in [1.54, 1.807) is 6.92 Å². The molecule has 38 heavy (non-hydrogen) atoms. The highest BCUT2D eigenvalue weighted by Gasteiger charge is 2.38. The molecule has 0 bridgehead atoms. The van der Waals surface area contributed by atoms with E-state index < -0.39 is 0 Å². The van der Waals surface area contributed by atoms with Crippen molar-refractivity contribution in [1.29, 1.82) is 0 Å². The van der Waals surface area contributed by atoms with Crippen LogP contribution in [-0.2, 0) is 6.54 Å². The number of nitrogens with one attached hydrogen (secondary N) is 1. The second-order valence-electron chi connectivity index (χ2n) is 10.7. The van der Waals surface area contributed by atoms with E-state index in [-0.39, 0.29) is 17.5 Å². The molecule has 8 heteroatoms. The third kappa shape index (κ3) is 6.14. The molecular formula is C30H38N6O2. The molecule has 8 nitrogen and oxygen atoms in total. The number of anilines is 1. The Morgan fingerprint density at radius 1 is 1.08 bits per heavy atom. The molecule has 2 amide bonds. The number of carbonyl (C=O) groups is 1. The van der Waals surface area contributed by atoms with Crippen LogP contribution in [0.4, 0.5) is 10.5 Å². The second-order valence-corrected chi connectivity index (χ2v) is 10.7. The Hall–Kier alpha value is -3.91. The van der Waals surface area contributed by atoms with Crippen molar-refractivity contribution in [3.05, 3.63) is 89.7 Å². The predicted octanol–water partition coefficient (Wildman–Crippen LogP) is 6.17. The number of hydrogen-bond acceptors (Lipinski definition) is 5. The molecule has 0 unspecified atom stereocenters. The number of carbonyl (C=O) groups excluding carboxylic acids is 1. The molecular weight excluding hydrogens is 476 g/mol. The van der Waals surface area contributed by atoms with Crippen molar-refractivity contribution in [2.24, 2.45) is 11.1 Å². The van der Waals surface area contributed by atoms with Crippen molar-refractivity contribution >= 4 is 11.7 Å². The molecule has 0 radical (unpaired) electrons. The fraction of sp³-hybridized carbons (Fsp3) is 0.367. The zero-order chi connectivity index (χ0) is 27.3. The maximum atomic E-state index is 13.9. The molecule has 4 rings (SSSR count). The number of rotatable bonds is 9. The van der Waals surface area contributed by atoms with Gasteiger partial charge in [0.25, 0.3) is 0 Å². The Morgan fingerprint density at radius 2 is 1.74 bits per heavy atom. The lowest BCUT2D eigenvalue weighted by molar-refractivity contribution is 0.116. The minimum atomic E-state index is -0.337. The first-order chi connectivity index (χ1) is 18.2. The number of nitrogens with zero attached hydrogens (tertiary/aromatic N) is 4. The number of benzene rings is 2. The summed E-state index contributed by atoms with van der Waals surface area (Å²) in [6.45, 7) is 11.6. The van der Waals surface area contributed by atoms with Crippen LogP contribution in [0.15, 0.2) is 71.4 Å². The molecule has 200 valence electrons. The van der Waals surface area contributed by atoms with Crippen LogP contribution in [0.25, 0.3) is 11.3 Å². The molecule has 3 N–H and O–H groups in total. The van der Waals surface area contributed by atoms with E-state index >= 15 is 0 Å². The molecule has 2 aromatic carbocycles. The summed E-state index contributed by atoms with van der Waals surface area (Å²) in [5.74, 6) is 1.39. The van der Waals surface area contributed by atoms with Crippen molar-refractivity contribution in [1.82, 2.24) is 19.6 Å². The molecule has 0 aliphatic heterocycles. The number of imidazole rings is 1. The number of aryl methyl sites for hydroxylation is 2. The van der Waals surface area contributed by atoms with Crippen LogP contribution in [0.3, 0.4) is 0 Å². The summed E-state index contributed by atoms with van der Waals surface area (Å²) in [6, 6.07) is 19.9. The highest BCUT2D eigenvalue weighted by atomic mass is 16.5. The van der Waals surface area contributed by atoms with Gasteiger partial charge in [-0.05, 0) is 37.8 Å². The summed E-state index contributed by atoms with van der Waals surface area (Å²) in [5.41, 5.74) is 9.88. The average Bonchev–Trinajstić information content (AvgIpc) is 3.44. The largest absolute Gasteiger partial charge is 0.359 e. The van der Waals surface area contributed by atoms with Gasteiger partial charge >= 0.3 is 6.03 Å². The van der Waals surface area contributed by atoms with Crippen LogP contribution in [0.1, 0.15) is 56.1 Å². The molecule has 2 aromatic heterocycles. The average molecular weight is 515 g/mol. The third-order valence-corrected chi connectivity index (χ3v) is 6.58. The van der Waals surface area contributed by atoms with Crippen molar-refractivity contribution in [2.45, 2.75) is 53.6 Å². The topological polar surface area (TPSA) is 102 Å². The van der Waals surface area contributed by atoms with E-state index in [0.29, 0.717) is 43.2 Å². The number of hydrogen-bond donors (Lipinski definition) is 2. The van der Waals surface area contributed by atoms with Gasteiger partial charge in [-0.25, -0.2) is 9.78 Å². The summed E-state index contributed by atoms with van der Waals surface area (Å²) in [4.78, 5) is 20.9. The van der Waals surface area contributed by atoms with Crippen LogP contribution >= 0.6 is 0 Å². The maximum absolute atomic E-state index is 13.9. The second kappa shape index (κ2) is 11.6. The van der Waals surface area contributed by atoms with Crippen LogP contribution in [0.2, 0.25) is 0 Å². The minimum absolute atomic E-state index is 0.233. The maximum Gasteiger partial charge on any atom is 0.322 e. The fourth-order valence-electron chi connectivity index (χ4n) is 4.75. The number of nitrogens with two attached hydrogens (primary N) is 1. The number of urea groups is 1. The molecule has 0 saturated heterocycles. The van der Waals surface area contributed by atoms with Gasteiger partial charge < -0.3 is 25.0 Å². The van der Waals surface area contributed by atoms with Gasteiger partial charge in [-0.15, -0.1) is 0 Å². The minimum Gasteiger partial charge on any atom is -0.359 e. The number of amides is 2. The predicted molar refractivity (Wildman–Crippen MR) is 151 cm³/mol. The normalized spacial score (nSPS) is 12.4. The molecule has 4 aromatic rings. The Balaban J connectivity index is 1.82. The van der Waals surface area contributed by atoms with Gasteiger partial charge in [0.2, 0.25) is 0 Å². The SMILES string of the molecule is Cc1noc(C)c1NC(=O)N(CCCN)[C@@H](c1nc(-c2ccccc2)cn1Cc1ccccc1)C(C)(C)C. The standard InChI is InChI=1S/C30H38N6O2/c1-21-26(22(2)38-34-21)33-29(37)36(18-12-17-31)27(30(3,4)5)28-32-25(24-15-10-7-11-16-24)20-35(28)19-23-13-8-6-9-14-23/h6-11,13-16,20,27H,12,17-19,31H2,1-5H3,(H,33,37)/t27-/m0/s1. The van der Waals surface area contributed by atoms with Crippen molar-refractivity contribution < 1.29 is 9.32 Å². The highest BCUT2D eigenvalue weighted by molar-refractivity contribution is 5.90. The van der Waals surface area contributed by atoms with Gasteiger partial charge in [0.1, 0.15) is 17.2 Å². The van der Waals surface area contributed by atoms with E-state index in [2.05, 4.69) is 66.3 Å². The first-order valence-corrected chi connectivity index (χ1v) is 13.1. The van der Waals surface area contributed by atoms with Crippen LogP contribution in [0, 0.1) is 19.3 Å². The summed E-state index contributed by atoms with van der Waals surface area (Å²) < 4.78 is 7.46. The van der Waals surface area contributed by atoms with E-state index in [1.165, 1.54) is 0 Å². The van der Waals surface area contributed by atoms with Crippen molar-refractivity contribution in [2.75, 3.05) is 18.4 Å². The van der Waals surface area contributed by atoms with E-state index in [9.17, 15) is 4.79 Å². The fourth-order valence-corrected chi connectivity index (χ4v) is 4.75. The molecule has 0 aliphatic rings. The van der Waals surface area contributed by atoms with E-state index in [4.69, 9.17) is 15.2 Å². The Bertz CT molecular complexity index is 1320. The molecule has 0 fully saturated rings. The Labute approximate surface area is 224 Å². The van der Waals surface area contributed by atoms with Crippen molar-refractivity contribution in [3.63, 3.8) is 0 Å². The van der Waals surface area contributed by atoms with Crippen molar-refractivity contribution in [3.8, 4) is 11.3 Å². The first kappa shape index (κ1) is 27.1. The summed E-state index contributed by atoms with van der Waals surface area (Å²) in [5, 5.41) is 7.05. The van der Waals surface area contributed by atoms with Gasteiger partial charge in [-0.3, -0.25) is 0 Å².